The smallest absolute Gasteiger partial charge is 0.290 e. The fourth-order valence-corrected chi connectivity index (χ4v) is 2.91. The Morgan fingerprint density at radius 1 is 1.17 bits per heavy atom. The van der Waals surface area contributed by atoms with Gasteiger partial charge < -0.3 is 10.0 Å². The van der Waals surface area contributed by atoms with Crippen molar-refractivity contribution in [1.29, 1.82) is 0 Å². The van der Waals surface area contributed by atoms with Gasteiger partial charge in [-0.2, -0.15) is 5.10 Å². The molecular formula is C14H24N6O3. The van der Waals surface area contributed by atoms with Gasteiger partial charge in [0.25, 0.3) is 6.47 Å². The van der Waals surface area contributed by atoms with E-state index in [0.29, 0.717) is 6.54 Å². The maximum Gasteiger partial charge on any atom is 0.290 e. The topological polar surface area (TPSA) is 106 Å². The molecule has 0 saturated carbocycles. The zero-order valence-corrected chi connectivity index (χ0v) is 13.2. The summed E-state index contributed by atoms with van der Waals surface area (Å²) < 4.78 is 0. The number of rotatable bonds is 4. The maximum atomic E-state index is 12.2. The van der Waals surface area contributed by atoms with E-state index in [1.54, 1.807) is 0 Å². The predicted octanol–water partition coefficient (Wildman–Crippen LogP) is -0.754. The Bertz CT molecular complexity index is 467. The van der Waals surface area contributed by atoms with Crippen LogP contribution in [0.5, 0.6) is 0 Å². The van der Waals surface area contributed by atoms with Crippen LogP contribution in [0.4, 0.5) is 0 Å². The molecule has 0 spiro atoms. The first-order valence-electron chi connectivity index (χ1n) is 7.87. The number of likely N-dealkylation sites (tertiary alicyclic amines) is 1. The van der Waals surface area contributed by atoms with Gasteiger partial charge in [-0.25, -0.2) is 4.98 Å². The highest BCUT2D eigenvalue weighted by Crippen LogP contribution is 2.09. The molecule has 0 atom stereocenters. The molecule has 3 heterocycles. The zero-order valence-electron chi connectivity index (χ0n) is 13.2. The first-order chi connectivity index (χ1) is 11.2. The third kappa shape index (κ3) is 5.61. The van der Waals surface area contributed by atoms with Crippen LogP contribution in [0.3, 0.4) is 0 Å². The second kappa shape index (κ2) is 9.21. The first kappa shape index (κ1) is 17.4. The molecule has 0 unspecified atom stereocenters. The van der Waals surface area contributed by atoms with Crippen LogP contribution in [0, 0.1) is 0 Å². The zero-order chi connectivity index (χ0) is 16.5. The minimum absolute atomic E-state index is 0.250. The molecule has 2 N–H and O–H groups in total. The third-order valence-electron chi connectivity index (χ3n) is 4.12. The van der Waals surface area contributed by atoms with Crippen molar-refractivity contribution in [3.63, 3.8) is 0 Å². The number of nitrogens with zero attached hydrogens (tertiary/aromatic N) is 5. The molecule has 2 saturated heterocycles. The largest absolute Gasteiger partial charge is 0.483 e. The first-order valence-corrected chi connectivity index (χ1v) is 7.87. The molecule has 23 heavy (non-hydrogen) atoms. The van der Waals surface area contributed by atoms with Crippen LogP contribution >= 0.6 is 0 Å². The van der Waals surface area contributed by atoms with E-state index in [1.807, 2.05) is 4.90 Å². The number of amides is 1. The van der Waals surface area contributed by atoms with Gasteiger partial charge in [-0.05, 0) is 25.9 Å². The molecule has 0 aromatic carbocycles. The number of nitrogens with one attached hydrogen (secondary N) is 1. The summed E-state index contributed by atoms with van der Waals surface area (Å²) in [5.74, 6) is 1.17. The molecule has 0 bridgehead atoms. The molecule has 1 aromatic rings. The van der Waals surface area contributed by atoms with Gasteiger partial charge in [-0.1, -0.05) is 0 Å². The normalized spacial score (nSPS) is 19.2. The summed E-state index contributed by atoms with van der Waals surface area (Å²) in [7, 11) is 0. The lowest BCUT2D eigenvalue weighted by Gasteiger charge is -2.35. The Labute approximate surface area is 135 Å². The number of carboxylic acid groups (broad SMARTS) is 1. The van der Waals surface area contributed by atoms with Gasteiger partial charge in [0.15, 0.2) is 0 Å². The van der Waals surface area contributed by atoms with E-state index in [0.717, 1.165) is 51.6 Å². The van der Waals surface area contributed by atoms with Gasteiger partial charge in [0, 0.05) is 26.2 Å². The van der Waals surface area contributed by atoms with Gasteiger partial charge in [-0.3, -0.25) is 24.5 Å². The number of hydrogen-bond donors (Lipinski definition) is 2. The minimum Gasteiger partial charge on any atom is -0.483 e. The number of hydrogen-bond acceptors (Lipinski definition) is 6. The maximum absolute atomic E-state index is 12.2. The Hall–Kier alpha value is -2.00. The lowest BCUT2D eigenvalue weighted by atomic mass is 10.3. The number of H-pyrrole nitrogens is 1. The molecule has 128 valence electrons. The van der Waals surface area contributed by atoms with Crippen molar-refractivity contribution < 1.29 is 14.7 Å². The summed E-state index contributed by atoms with van der Waals surface area (Å²) in [6.45, 7) is 6.76. The summed E-state index contributed by atoms with van der Waals surface area (Å²) in [6.07, 6.45) is 4.00. The summed E-state index contributed by atoms with van der Waals surface area (Å²) in [6, 6.07) is 0. The molecule has 2 fully saturated rings. The lowest BCUT2D eigenvalue weighted by Crippen LogP contribution is -2.50. The van der Waals surface area contributed by atoms with Crippen LogP contribution in [-0.2, 0) is 16.1 Å². The van der Waals surface area contributed by atoms with Crippen LogP contribution < -0.4 is 0 Å². The van der Waals surface area contributed by atoms with Crippen molar-refractivity contribution in [2.45, 2.75) is 19.4 Å². The van der Waals surface area contributed by atoms with E-state index < -0.39 is 0 Å². The van der Waals surface area contributed by atoms with E-state index in [4.69, 9.17) is 9.90 Å². The molecule has 1 aromatic heterocycles. The number of aromatic amines is 1. The highest BCUT2D eigenvalue weighted by molar-refractivity contribution is 5.78. The van der Waals surface area contributed by atoms with Gasteiger partial charge in [0.2, 0.25) is 5.91 Å². The highest BCUT2D eigenvalue weighted by Gasteiger charge is 2.24. The molecular weight excluding hydrogens is 300 g/mol. The minimum atomic E-state index is -0.250. The monoisotopic (exact) mass is 324 g/mol. The van der Waals surface area contributed by atoms with Crippen LogP contribution in [0.25, 0.3) is 0 Å². The highest BCUT2D eigenvalue weighted by atomic mass is 16.3. The fraction of sp³-hybridized carbons (Fsp3) is 0.714. The van der Waals surface area contributed by atoms with E-state index in [-0.39, 0.29) is 12.4 Å². The summed E-state index contributed by atoms with van der Waals surface area (Å²) >= 11 is 0. The molecule has 1 amide bonds. The number of carbonyl (C=O) groups excluding carboxylic acids is 1. The van der Waals surface area contributed by atoms with Crippen molar-refractivity contribution in [2.75, 3.05) is 45.8 Å². The molecule has 0 aliphatic carbocycles. The average Bonchev–Trinajstić information content (AvgIpc) is 3.23. The summed E-state index contributed by atoms with van der Waals surface area (Å²) in [5.41, 5.74) is 0. The van der Waals surface area contributed by atoms with Crippen molar-refractivity contribution in [2.24, 2.45) is 0 Å². The second-order valence-corrected chi connectivity index (χ2v) is 5.68. The van der Waals surface area contributed by atoms with E-state index in [9.17, 15) is 4.79 Å². The van der Waals surface area contributed by atoms with Crippen molar-refractivity contribution >= 4 is 12.4 Å². The van der Waals surface area contributed by atoms with Gasteiger partial charge in [0.1, 0.15) is 12.2 Å². The quantitative estimate of drug-likeness (QED) is 0.702. The van der Waals surface area contributed by atoms with Crippen LogP contribution in [0.15, 0.2) is 6.33 Å². The van der Waals surface area contributed by atoms with E-state index >= 15 is 0 Å². The van der Waals surface area contributed by atoms with Crippen LogP contribution in [0.2, 0.25) is 0 Å². The molecule has 9 nitrogen and oxygen atoms in total. The number of carbonyl (C=O) groups is 2. The van der Waals surface area contributed by atoms with Gasteiger partial charge >= 0.3 is 0 Å². The SMILES string of the molecule is O=C(CN1CCCC1)N1CCN(Cc2ncn[nH]2)CC1.O=CO. The Morgan fingerprint density at radius 3 is 2.39 bits per heavy atom. The van der Waals surface area contributed by atoms with Gasteiger partial charge in [0.05, 0.1) is 13.1 Å². The van der Waals surface area contributed by atoms with Crippen molar-refractivity contribution in [1.82, 2.24) is 29.9 Å². The second-order valence-electron chi connectivity index (χ2n) is 5.68. The van der Waals surface area contributed by atoms with E-state index in [1.165, 1.54) is 19.2 Å². The standard InChI is InChI=1S/C13H22N6O.CH2O2/c20-13(10-17-3-1-2-4-17)19-7-5-18(6-8-19)9-12-14-11-15-16-12;2-1-3/h11H,1-10H2,(H,14,15,16);1H,(H,2,3). The Balaban J connectivity index is 0.000000595. The molecule has 0 radical (unpaired) electrons. The molecule has 9 heteroatoms. The number of piperazine rings is 1. The lowest BCUT2D eigenvalue weighted by molar-refractivity contribution is -0.134. The van der Waals surface area contributed by atoms with E-state index in [2.05, 4.69) is 25.0 Å². The third-order valence-corrected chi connectivity index (χ3v) is 4.12. The van der Waals surface area contributed by atoms with Crippen LogP contribution in [-0.4, -0.2) is 93.2 Å². The summed E-state index contributed by atoms with van der Waals surface area (Å²) in [4.78, 5) is 31.3. The molecule has 3 rings (SSSR count). The fourth-order valence-electron chi connectivity index (χ4n) is 2.91. The van der Waals surface area contributed by atoms with Crippen molar-refractivity contribution in [3.8, 4) is 0 Å². The Morgan fingerprint density at radius 2 is 1.83 bits per heavy atom. The average molecular weight is 324 g/mol. The van der Waals surface area contributed by atoms with Crippen LogP contribution in [0.1, 0.15) is 18.7 Å². The number of aromatic nitrogens is 3. The van der Waals surface area contributed by atoms with Crippen molar-refractivity contribution in [3.05, 3.63) is 12.2 Å². The predicted molar refractivity (Wildman–Crippen MR) is 82.6 cm³/mol. The van der Waals surface area contributed by atoms with Gasteiger partial charge in [-0.15, -0.1) is 0 Å². The Kier molecular flexibility index (Phi) is 6.95. The summed E-state index contributed by atoms with van der Waals surface area (Å²) in [5, 5.41) is 13.6. The molecule has 2 aliphatic rings. The molecule has 2 aliphatic heterocycles.